The summed E-state index contributed by atoms with van der Waals surface area (Å²) in [6.45, 7) is 0.243. The summed E-state index contributed by atoms with van der Waals surface area (Å²) in [5.41, 5.74) is -2.45. The minimum atomic E-state index is -4.53. The first kappa shape index (κ1) is 16.0. The van der Waals surface area contributed by atoms with Crippen molar-refractivity contribution in [1.29, 1.82) is 0 Å². The third kappa shape index (κ3) is 3.12. The Balaban J connectivity index is 2.80. The molecule has 1 aromatic heterocycles. The van der Waals surface area contributed by atoms with E-state index in [1.807, 2.05) is 0 Å². The average molecular weight is 414 g/mol. The number of hydrogen-bond acceptors (Lipinski definition) is 3. The summed E-state index contributed by atoms with van der Waals surface area (Å²) >= 11 is 1.55. The number of ether oxygens (including phenoxy) is 1. The number of halogens is 4. The predicted octanol–water partition coefficient (Wildman–Crippen LogP) is 1.96. The fourth-order valence-electron chi connectivity index (χ4n) is 1.92. The standard InChI is InChI=1S/C12H10F3IN2O3/c1-21-3-2-18-9-5-7(16)6(12(13,14)15)4-8(9)17-10(19)11(18)20/h4-5H,2-3H2,1H3,(H,17,19). The Kier molecular flexibility index (Phi) is 4.42. The van der Waals surface area contributed by atoms with Gasteiger partial charge in [0.1, 0.15) is 0 Å². The summed E-state index contributed by atoms with van der Waals surface area (Å²) in [6, 6.07) is 2.06. The van der Waals surface area contributed by atoms with Gasteiger partial charge in [0.15, 0.2) is 0 Å². The molecule has 0 aliphatic heterocycles. The molecule has 1 aromatic carbocycles. The Morgan fingerprint density at radius 3 is 2.57 bits per heavy atom. The van der Waals surface area contributed by atoms with Crippen molar-refractivity contribution in [3.8, 4) is 0 Å². The van der Waals surface area contributed by atoms with Gasteiger partial charge < -0.3 is 9.72 Å². The SMILES string of the molecule is COCCn1c(=O)c(=O)[nH]c2cc(C(F)(F)F)c(I)cc21. The van der Waals surface area contributed by atoms with Gasteiger partial charge in [0.2, 0.25) is 0 Å². The van der Waals surface area contributed by atoms with E-state index in [1.54, 1.807) is 22.6 Å². The second-order valence-corrected chi connectivity index (χ2v) is 5.41. The minimum Gasteiger partial charge on any atom is -0.383 e. The molecule has 0 spiro atoms. The van der Waals surface area contributed by atoms with E-state index in [0.29, 0.717) is 0 Å². The van der Waals surface area contributed by atoms with Crippen LogP contribution in [-0.2, 0) is 17.5 Å². The molecule has 5 nitrogen and oxygen atoms in total. The quantitative estimate of drug-likeness (QED) is 0.617. The van der Waals surface area contributed by atoms with Crippen molar-refractivity contribution >= 4 is 33.6 Å². The van der Waals surface area contributed by atoms with Gasteiger partial charge in [-0.3, -0.25) is 14.2 Å². The van der Waals surface area contributed by atoms with Gasteiger partial charge in [-0.05, 0) is 34.7 Å². The number of fused-ring (bicyclic) bond motifs is 1. The highest BCUT2D eigenvalue weighted by atomic mass is 127. The normalized spacial score (nSPS) is 12.0. The monoisotopic (exact) mass is 414 g/mol. The van der Waals surface area contributed by atoms with Crippen molar-refractivity contribution < 1.29 is 17.9 Å². The zero-order valence-electron chi connectivity index (χ0n) is 10.8. The van der Waals surface area contributed by atoms with E-state index in [0.717, 1.165) is 10.6 Å². The zero-order chi connectivity index (χ0) is 15.8. The highest BCUT2D eigenvalue weighted by Gasteiger charge is 2.33. The highest BCUT2D eigenvalue weighted by Crippen LogP contribution is 2.34. The van der Waals surface area contributed by atoms with Crippen molar-refractivity contribution in [1.82, 2.24) is 9.55 Å². The number of rotatable bonds is 3. The maximum atomic E-state index is 12.9. The van der Waals surface area contributed by atoms with Crippen molar-refractivity contribution in [3.05, 3.63) is 42.0 Å². The van der Waals surface area contributed by atoms with Gasteiger partial charge in [-0.15, -0.1) is 0 Å². The van der Waals surface area contributed by atoms with Crippen LogP contribution < -0.4 is 11.1 Å². The number of aromatic amines is 1. The molecule has 0 fully saturated rings. The average Bonchev–Trinajstić information content (AvgIpc) is 2.38. The van der Waals surface area contributed by atoms with Gasteiger partial charge >= 0.3 is 17.3 Å². The molecular weight excluding hydrogens is 404 g/mol. The maximum absolute atomic E-state index is 12.9. The predicted molar refractivity (Wildman–Crippen MR) is 78.4 cm³/mol. The fraction of sp³-hybridized carbons (Fsp3) is 0.333. The van der Waals surface area contributed by atoms with E-state index in [9.17, 15) is 22.8 Å². The molecule has 0 saturated heterocycles. The lowest BCUT2D eigenvalue weighted by Gasteiger charge is -2.13. The number of nitrogens with zero attached hydrogens (tertiary/aromatic N) is 1. The van der Waals surface area contributed by atoms with Crippen molar-refractivity contribution in [2.75, 3.05) is 13.7 Å². The van der Waals surface area contributed by atoms with E-state index < -0.39 is 22.9 Å². The van der Waals surface area contributed by atoms with Gasteiger partial charge in [-0.1, -0.05) is 0 Å². The van der Waals surface area contributed by atoms with Crippen LogP contribution in [0.1, 0.15) is 5.56 Å². The third-order valence-corrected chi connectivity index (χ3v) is 3.78. The smallest absolute Gasteiger partial charge is 0.383 e. The summed E-state index contributed by atoms with van der Waals surface area (Å²) in [6.07, 6.45) is -4.53. The molecule has 0 aliphatic carbocycles. The number of benzene rings is 1. The van der Waals surface area contributed by atoms with E-state index in [1.165, 1.54) is 13.2 Å². The number of methoxy groups -OCH3 is 1. The van der Waals surface area contributed by atoms with Gasteiger partial charge in [0, 0.05) is 17.2 Å². The molecule has 21 heavy (non-hydrogen) atoms. The Bertz CT molecular complexity index is 795. The summed E-state index contributed by atoms with van der Waals surface area (Å²) in [4.78, 5) is 25.6. The van der Waals surface area contributed by atoms with E-state index in [-0.39, 0.29) is 27.8 Å². The lowest BCUT2D eigenvalue weighted by molar-refractivity contribution is -0.138. The van der Waals surface area contributed by atoms with Crippen LogP contribution in [-0.4, -0.2) is 23.3 Å². The molecule has 0 aliphatic rings. The lowest BCUT2D eigenvalue weighted by Crippen LogP contribution is -2.37. The lowest BCUT2D eigenvalue weighted by atomic mass is 10.2. The molecule has 0 atom stereocenters. The summed E-state index contributed by atoms with van der Waals surface area (Å²) in [5.74, 6) is 0. The van der Waals surface area contributed by atoms with Gasteiger partial charge in [-0.2, -0.15) is 13.2 Å². The first-order valence-corrected chi connectivity index (χ1v) is 6.86. The van der Waals surface area contributed by atoms with Crippen molar-refractivity contribution in [2.45, 2.75) is 12.7 Å². The molecule has 2 rings (SSSR count). The van der Waals surface area contributed by atoms with Gasteiger partial charge in [0.25, 0.3) is 0 Å². The second-order valence-electron chi connectivity index (χ2n) is 4.25. The number of alkyl halides is 3. The molecule has 9 heteroatoms. The molecule has 0 bridgehead atoms. The molecule has 2 aromatic rings. The Hall–Kier alpha value is -1.36. The first-order valence-electron chi connectivity index (χ1n) is 5.78. The van der Waals surface area contributed by atoms with Gasteiger partial charge in [-0.25, -0.2) is 0 Å². The molecule has 0 unspecified atom stereocenters. The number of aromatic nitrogens is 2. The topological polar surface area (TPSA) is 64.1 Å². The van der Waals surface area contributed by atoms with Crippen LogP contribution in [0.3, 0.4) is 0 Å². The van der Waals surface area contributed by atoms with Crippen LogP contribution in [0.5, 0.6) is 0 Å². The minimum absolute atomic E-state index is 0.0385. The summed E-state index contributed by atoms with van der Waals surface area (Å²) < 4.78 is 44.5. The van der Waals surface area contributed by atoms with E-state index in [2.05, 4.69) is 4.98 Å². The Labute approximate surface area is 129 Å². The van der Waals surface area contributed by atoms with Crippen LogP contribution in [0, 0.1) is 3.57 Å². The number of nitrogens with one attached hydrogen (secondary N) is 1. The van der Waals surface area contributed by atoms with Crippen molar-refractivity contribution in [2.24, 2.45) is 0 Å². The highest BCUT2D eigenvalue weighted by molar-refractivity contribution is 14.1. The number of H-pyrrole nitrogens is 1. The van der Waals surface area contributed by atoms with Gasteiger partial charge in [0.05, 0.1) is 23.2 Å². The van der Waals surface area contributed by atoms with Crippen LogP contribution in [0.4, 0.5) is 13.2 Å². The third-order valence-electron chi connectivity index (χ3n) is 2.89. The van der Waals surface area contributed by atoms with Crippen LogP contribution in [0.25, 0.3) is 11.0 Å². The van der Waals surface area contributed by atoms with Crippen LogP contribution in [0.2, 0.25) is 0 Å². The van der Waals surface area contributed by atoms with E-state index in [4.69, 9.17) is 4.74 Å². The van der Waals surface area contributed by atoms with Crippen LogP contribution in [0.15, 0.2) is 21.7 Å². The summed E-state index contributed by atoms with van der Waals surface area (Å²) in [5, 5.41) is 0. The largest absolute Gasteiger partial charge is 0.417 e. The molecule has 0 radical (unpaired) electrons. The zero-order valence-corrected chi connectivity index (χ0v) is 12.9. The second kappa shape index (κ2) is 5.79. The molecule has 1 N–H and O–H groups in total. The maximum Gasteiger partial charge on any atom is 0.417 e. The summed E-state index contributed by atoms with van der Waals surface area (Å²) in [7, 11) is 1.42. The first-order chi connectivity index (χ1) is 9.75. The number of hydrogen-bond donors (Lipinski definition) is 1. The molecule has 0 amide bonds. The van der Waals surface area contributed by atoms with E-state index >= 15 is 0 Å². The van der Waals surface area contributed by atoms with Crippen molar-refractivity contribution in [3.63, 3.8) is 0 Å². The fourth-order valence-corrected chi connectivity index (χ4v) is 2.67. The Morgan fingerprint density at radius 1 is 1.33 bits per heavy atom. The molecule has 0 saturated carbocycles. The molecular formula is C12H10F3IN2O3. The Morgan fingerprint density at radius 2 is 2.00 bits per heavy atom. The van der Waals surface area contributed by atoms with Crippen LogP contribution >= 0.6 is 22.6 Å². The molecule has 1 heterocycles. The molecule has 114 valence electrons.